The van der Waals surface area contributed by atoms with Crippen LogP contribution in [0.15, 0.2) is 18.5 Å². The number of aromatic nitrogens is 3. The molecule has 18 heavy (non-hydrogen) atoms. The highest BCUT2D eigenvalue weighted by molar-refractivity contribution is 5.68. The van der Waals surface area contributed by atoms with Crippen LogP contribution in [0.5, 0.6) is 0 Å². The molecule has 0 aliphatic rings. The van der Waals surface area contributed by atoms with Crippen molar-refractivity contribution < 1.29 is 0 Å². The van der Waals surface area contributed by atoms with E-state index >= 15 is 0 Å². The van der Waals surface area contributed by atoms with Gasteiger partial charge in [-0.2, -0.15) is 5.10 Å². The molecule has 2 heterocycles. The van der Waals surface area contributed by atoms with Gasteiger partial charge in [-0.15, -0.1) is 0 Å². The van der Waals surface area contributed by atoms with Crippen LogP contribution in [0.1, 0.15) is 17.0 Å². The zero-order valence-corrected chi connectivity index (χ0v) is 11.3. The van der Waals surface area contributed by atoms with Crippen molar-refractivity contribution in [3.8, 4) is 0 Å². The molecule has 0 fully saturated rings. The summed E-state index contributed by atoms with van der Waals surface area (Å²) in [6.07, 6.45) is 3.65. The van der Waals surface area contributed by atoms with Crippen molar-refractivity contribution >= 4 is 11.4 Å². The molecule has 5 nitrogen and oxygen atoms in total. The summed E-state index contributed by atoms with van der Waals surface area (Å²) in [5, 5.41) is 10.6. The topological polar surface area (TPSA) is 56.8 Å². The van der Waals surface area contributed by atoms with Crippen LogP contribution >= 0.6 is 0 Å². The smallest absolute Gasteiger partial charge is 0.0766 e. The second-order valence-corrected chi connectivity index (χ2v) is 4.55. The second-order valence-electron chi connectivity index (χ2n) is 4.55. The molecule has 2 aromatic rings. The van der Waals surface area contributed by atoms with E-state index in [-0.39, 0.29) is 0 Å². The van der Waals surface area contributed by atoms with Gasteiger partial charge in [0.1, 0.15) is 0 Å². The Balaban J connectivity index is 2.16. The maximum atomic E-state index is 4.19. The summed E-state index contributed by atoms with van der Waals surface area (Å²) in [5.74, 6) is 0. The van der Waals surface area contributed by atoms with Crippen LogP contribution in [-0.2, 0) is 6.54 Å². The zero-order chi connectivity index (χ0) is 13.1. The summed E-state index contributed by atoms with van der Waals surface area (Å²) in [6, 6.07) is 2.00. The van der Waals surface area contributed by atoms with Crippen molar-refractivity contribution in [2.24, 2.45) is 0 Å². The fraction of sp³-hybridized carbons (Fsp3) is 0.385. The maximum Gasteiger partial charge on any atom is 0.0766 e. The maximum absolute atomic E-state index is 4.19. The Labute approximate surface area is 107 Å². The van der Waals surface area contributed by atoms with Crippen LogP contribution in [0.4, 0.5) is 11.4 Å². The van der Waals surface area contributed by atoms with Crippen molar-refractivity contribution in [1.82, 2.24) is 15.2 Å². The van der Waals surface area contributed by atoms with E-state index in [1.807, 2.05) is 40.2 Å². The van der Waals surface area contributed by atoms with Crippen LogP contribution < -0.4 is 10.2 Å². The van der Waals surface area contributed by atoms with Gasteiger partial charge in [0.25, 0.3) is 0 Å². The summed E-state index contributed by atoms with van der Waals surface area (Å²) in [7, 11) is 4.05. The molecule has 0 saturated carbocycles. The van der Waals surface area contributed by atoms with Gasteiger partial charge < -0.3 is 10.2 Å². The molecule has 0 aliphatic heterocycles. The summed E-state index contributed by atoms with van der Waals surface area (Å²) in [4.78, 5) is 6.23. The Morgan fingerprint density at radius 1 is 1.33 bits per heavy atom. The quantitative estimate of drug-likeness (QED) is 0.866. The highest BCUT2D eigenvalue weighted by Crippen LogP contribution is 2.23. The first-order chi connectivity index (χ1) is 8.59. The molecular formula is C13H19N5. The standard InChI is InChI=1S/C13H19N5/c1-9-11(10(2)17-16-9)7-15-12-8-14-6-5-13(12)18(3)4/h5-6,8,15H,7H2,1-4H3,(H,16,17). The van der Waals surface area contributed by atoms with Crippen molar-refractivity contribution in [3.05, 3.63) is 35.4 Å². The Bertz CT molecular complexity index is 510. The van der Waals surface area contributed by atoms with Crippen molar-refractivity contribution in [2.45, 2.75) is 20.4 Å². The predicted molar refractivity (Wildman–Crippen MR) is 74.0 cm³/mol. The van der Waals surface area contributed by atoms with E-state index in [9.17, 15) is 0 Å². The van der Waals surface area contributed by atoms with Crippen LogP contribution in [0.2, 0.25) is 0 Å². The number of hydrogen-bond acceptors (Lipinski definition) is 4. The fourth-order valence-corrected chi connectivity index (χ4v) is 1.93. The summed E-state index contributed by atoms with van der Waals surface area (Å²) < 4.78 is 0. The van der Waals surface area contributed by atoms with Crippen molar-refractivity contribution in [2.75, 3.05) is 24.3 Å². The third-order valence-electron chi connectivity index (χ3n) is 3.02. The largest absolute Gasteiger partial charge is 0.378 e. The summed E-state index contributed by atoms with van der Waals surface area (Å²) >= 11 is 0. The van der Waals surface area contributed by atoms with Crippen molar-refractivity contribution in [1.29, 1.82) is 0 Å². The molecule has 0 radical (unpaired) electrons. The second kappa shape index (κ2) is 5.08. The highest BCUT2D eigenvalue weighted by atomic mass is 15.1. The molecule has 2 rings (SSSR count). The molecule has 0 spiro atoms. The van der Waals surface area contributed by atoms with E-state index in [2.05, 4.69) is 25.4 Å². The number of nitrogens with one attached hydrogen (secondary N) is 2. The SMILES string of the molecule is Cc1n[nH]c(C)c1CNc1cnccc1N(C)C. The third kappa shape index (κ3) is 2.45. The van der Waals surface area contributed by atoms with Gasteiger partial charge in [0.15, 0.2) is 0 Å². The molecule has 2 N–H and O–H groups in total. The minimum absolute atomic E-state index is 0.751. The fourth-order valence-electron chi connectivity index (χ4n) is 1.93. The molecule has 0 bridgehead atoms. The normalized spacial score (nSPS) is 10.4. The third-order valence-corrected chi connectivity index (χ3v) is 3.02. The lowest BCUT2D eigenvalue weighted by Crippen LogP contribution is -2.12. The molecule has 96 valence electrons. The number of anilines is 2. The van der Waals surface area contributed by atoms with Gasteiger partial charge in [-0.1, -0.05) is 0 Å². The Morgan fingerprint density at radius 2 is 2.11 bits per heavy atom. The number of aromatic amines is 1. The lowest BCUT2D eigenvalue weighted by molar-refractivity contribution is 1.02. The van der Waals surface area contributed by atoms with E-state index in [1.165, 1.54) is 5.56 Å². The number of hydrogen-bond donors (Lipinski definition) is 2. The first-order valence-corrected chi connectivity index (χ1v) is 5.95. The average Bonchev–Trinajstić information content (AvgIpc) is 2.67. The number of rotatable bonds is 4. The highest BCUT2D eigenvalue weighted by Gasteiger charge is 2.08. The lowest BCUT2D eigenvalue weighted by atomic mass is 10.2. The minimum Gasteiger partial charge on any atom is -0.378 e. The lowest BCUT2D eigenvalue weighted by Gasteiger charge is -2.17. The van der Waals surface area contributed by atoms with Gasteiger partial charge in [-0.25, -0.2) is 0 Å². The predicted octanol–water partition coefficient (Wildman–Crippen LogP) is 2.10. The number of pyridine rings is 1. The Hall–Kier alpha value is -2.04. The van der Waals surface area contributed by atoms with Gasteiger partial charge in [-0.05, 0) is 19.9 Å². The van der Waals surface area contributed by atoms with Gasteiger partial charge in [-0.3, -0.25) is 10.1 Å². The Kier molecular flexibility index (Phi) is 3.50. The molecule has 0 unspecified atom stereocenters. The van der Waals surface area contributed by atoms with Gasteiger partial charge in [0.2, 0.25) is 0 Å². The molecule has 0 atom stereocenters. The molecule has 0 aromatic carbocycles. The van der Waals surface area contributed by atoms with Crippen LogP contribution in [0.25, 0.3) is 0 Å². The molecule has 0 saturated heterocycles. The number of H-pyrrole nitrogens is 1. The monoisotopic (exact) mass is 245 g/mol. The van der Waals surface area contributed by atoms with Gasteiger partial charge in [0.05, 0.1) is 23.3 Å². The number of aryl methyl sites for hydroxylation is 2. The van der Waals surface area contributed by atoms with E-state index in [4.69, 9.17) is 0 Å². The molecule has 0 aliphatic carbocycles. The molecule has 0 amide bonds. The molecule has 2 aromatic heterocycles. The van der Waals surface area contributed by atoms with E-state index in [0.717, 1.165) is 29.3 Å². The van der Waals surface area contributed by atoms with Gasteiger partial charge in [0, 0.05) is 38.1 Å². The first-order valence-electron chi connectivity index (χ1n) is 5.95. The average molecular weight is 245 g/mol. The van der Waals surface area contributed by atoms with E-state index in [1.54, 1.807) is 6.20 Å². The molecule has 5 heteroatoms. The minimum atomic E-state index is 0.751. The van der Waals surface area contributed by atoms with Crippen LogP contribution in [-0.4, -0.2) is 29.3 Å². The first kappa shape index (κ1) is 12.4. The number of nitrogens with zero attached hydrogens (tertiary/aromatic N) is 3. The van der Waals surface area contributed by atoms with Crippen LogP contribution in [0, 0.1) is 13.8 Å². The van der Waals surface area contributed by atoms with Crippen LogP contribution in [0.3, 0.4) is 0 Å². The van der Waals surface area contributed by atoms with E-state index in [0.29, 0.717) is 0 Å². The Morgan fingerprint density at radius 3 is 2.72 bits per heavy atom. The summed E-state index contributed by atoms with van der Waals surface area (Å²) in [5.41, 5.74) is 5.51. The van der Waals surface area contributed by atoms with Gasteiger partial charge >= 0.3 is 0 Å². The zero-order valence-electron chi connectivity index (χ0n) is 11.3. The van der Waals surface area contributed by atoms with E-state index < -0.39 is 0 Å². The molecular weight excluding hydrogens is 226 g/mol. The van der Waals surface area contributed by atoms with Crippen molar-refractivity contribution in [3.63, 3.8) is 0 Å². The summed E-state index contributed by atoms with van der Waals surface area (Å²) in [6.45, 7) is 4.80.